The van der Waals surface area contributed by atoms with E-state index in [0.717, 1.165) is 16.5 Å². The van der Waals surface area contributed by atoms with Gasteiger partial charge in [-0.05, 0) is 30.3 Å². The van der Waals surface area contributed by atoms with Crippen LogP contribution >= 0.6 is 0 Å². The van der Waals surface area contributed by atoms with Crippen molar-refractivity contribution in [3.8, 4) is 17.4 Å². The van der Waals surface area contributed by atoms with Gasteiger partial charge in [0.15, 0.2) is 0 Å². The minimum absolute atomic E-state index is 0.503. The lowest BCUT2D eigenvalue weighted by atomic mass is 10.2. The van der Waals surface area contributed by atoms with Crippen LogP contribution in [0.1, 0.15) is 0 Å². The Balaban J connectivity index is 1.96. The summed E-state index contributed by atoms with van der Waals surface area (Å²) in [5.74, 6) is 1.99. The van der Waals surface area contributed by atoms with E-state index in [4.69, 9.17) is 9.47 Å². The number of fused-ring (bicyclic) bond motifs is 1. The SMILES string of the molecule is COc1ccc(Oc2nncc3ccccc23)cc1. The van der Waals surface area contributed by atoms with Crippen molar-refractivity contribution in [1.29, 1.82) is 0 Å². The topological polar surface area (TPSA) is 44.2 Å². The van der Waals surface area contributed by atoms with Gasteiger partial charge in [0.2, 0.25) is 5.88 Å². The fourth-order valence-electron chi connectivity index (χ4n) is 1.83. The molecular weight excluding hydrogens is 240 g/mol. The first-order chi connectivity index (χ1) is 9.36. The van der Waals surface area contributed by atoms with Crippen molar-refractivity contribution in [2.75, 3.05) is 7.11 Å². The molecule has 4 heteroatoms. The van der Waals surface area contributed by atoms with Crippen LogP contribution in [0.3, 0.4) is 0 Å². The van der Waals surface area contributed by atoms with Gasteiger partial charge in [0.05, 0.1) is 13.3 Å². The first-order valence-corrected chi connectivity index (χ1v) is 5.89. The fourth-order valence-corrected chi connectivity index (χ4v) is 1.83. The average molecular weight is 252 g/mol. The molecule has 4 nitrogen and oxygen atoms in total. The van der Waals surface area contributed by atoms with Gasteiger partial charge in [-0.2, -0.15) is 5.10 Å². The molecule has 3 rings (SSSR count). The number of aromatic nitrogens is 2. The third-order valence-electron chi connectivity index (χ3n) is 2.81. The van der Waals surface area contributed by atoms with Crippen LogP contribution in [0.15, 0.2) is 54.7 Å². The van der Waals surface area contributed by atoms with Crippen molar-refractivity contribution in [1.82, 2.24) is 10.2 Å². The highest BCUT2D eigenvalue weighted by molar-refractivity contribution is 5.85. The summed E-state index contributed by atoms with van der Waals surface area (Å²) >= 11 is 0. The second-order valence-corrected chi connectivity index (χ2v) is 4.01. The van der Waals surface area contributed by atoms with Crippen molar-refractivity contribution >= 4 is 10.8 Å². The molecule has 0 N–H and O–H groups in total. The maximum atomic E-state index is 5.76. The van der Waals surface area contributed by atoms with Gasteiger partial charge in [-0.1, -0.05) is 18.2 Å². The van der Waals surface area contributed by atoms with E-state index < -0.39 is 0 Å². The van der Waals surface area contributed by atoms with E-state index in [1.807, 2.05) is 48.5 Å². The van der Waals surface area contributed by atoms with E-state index in [0.29, 0.717) is 11.6 Å². The van der Waals surface area contributed by atoms with E-state index in [-0.39, 0.29) is 0 Å². The van der Waals surface area contributed by atoms with E-state index in [9.17, 15) is 0 Å². The standard InChI is InChI=1S/C15H12N2O2/c1-18-12-6-8-13(9-7-12)19-15-14-5-3-2-4-11(14)10-16-17-15/h2-10H,1H3. The third kappa shape index (κ3) is 2.33. The van der Waals surface area contributed by atoms with Gasteiger partial charge >= 0.3 is 0 Å². The van der Waals surface area contributed by atoms with E-state index in [1.165, 1.54) is 0 Å². The predicted octanol–water partition coefficient (Wildman–Crippen LogP) is 3.43. The molecule has 0 amide bonds. The number of hydrogen-bond donors (Lipinski definition) is 0. The largest absolute Gasteiger partial charge is 0.497 e. The van der Waals surface area contributed by atoms with Crippen LogP contribution in [0, 0.1) is 0 Å². The Hall–Kier alpha value is -2.62. The molecule has 0 fully saturated rings. The summed E-state index contributed by atoms with van der Waals surface area (Å²) in [5, 5.41) is 9.92. The van der Waals surface area contributed by atoms with Crippen LogP contribution in [0.25, 0.3) is 10.8 Å². The van der Waals surface area contributed by atoms with Crippen LogP contribution in [0.5, 0.6) is 17.4 Å². The Bertz CT molecular complexity index is 691. The summed E-state index contributed by atoms with van der Waals surface area (Å²) in [6.07, 6.45) is 1.72. The molecule has 0 saturated carbocycles. The molecule has 0 aliphatic carbocycles. The lowest BCUT2D eigenvalue weighted by molar-refractivity contribution is 0.412. The molecule has 0 radical (unpaired) electrons. The Morgan fingerprint density at radius 3 is 2.42 bits per heavy atom. The zero-order valence-corrected chi connectivity index (χ0v) is 10.4. The van der Waals surface area contributed by atoms with Crippen LogP contribution in [-0.2, 0) is 0 Å². The Labute approximate surface area is 110 Å². The van der Waals surface area contributed by atoms with Crippen LogP contribution in [-0.4, -0.2) is 17.3 Å². The first-order valence-electron chi connectivity index (χ1n) is 5.89. The molecule has 0 saturated heterocycles. The van der Waals surface area contributed by atoms with Gasteiger partial charge in [0, 0.05) is 10.8 Å². The van der Waals surface area contributed by atoms with Gasteiger partial charge in [-0.15, -0.1) is 5.10 Å². The lowest BCUT2D eigenvalue weighted by Gasteiger charge is -2.07. The van der Waals surface area contributed by atoms with Gasteiger partial charge in [0.25, 0.3) is 0 Å². The number of methoxy groups -OCH3 is 1. The molecular formula is C15H12N2O2. The molecule has 0 unspecified atom stereocenters. The van der Waals surface area contributed by atoms with Crippen molar-refractivity contribution in [3.05, 3.63) is 54.7 Å². The first kappa shape index (κ1) is 11.5. The summed E-state index contributed by atoms with van der Waals surface area (Å²) in [6.45, 7) is 0. The minimum Gasteiger partial charge on any atom is -0.497 e. The summed E-state index contributed by atoms with van der Waals surface area (Å²) in [4.78, 5) is 0. The van der Waals surface area contributed by atoms with Crippen LogP contribution in [0.4, 0.5) is 0 Å². The zero-order chi connectivity index (χ0) is 13.1. The van der Waals surface area contributed by atoms with E-state index in [2.05, 4.69) is 10.2 Å². The lowest BCUT2D eigenvalue weighted by Crippen LogP contribution is -1.92. The molecule has 0 bridgehead atoms. The highest BCUT2D eigenvalue weighted by atomic mass is 16.5. The van der Waals surface area contributed by atoms with Crippen molar-refractivity contribution in [3.63, 3.8) is 0 Å². The normalized spacial score (nSPS) is 10.4. The van der Waals surface area contributed by atoms with Crippen molar-refractivity contribution in [2.24, 2.45) is 0 Å². The Morgan fingerprint density at radius 1 is 0.895 bits per heavy atom. The second kappa shape index (κ2) is 4.94. The Morgan fingerprint density at radius 2 is 1.63 bits per heavy atom. The molecule has 19 heavy (non-hydrogen) atoms. The van der Waals surface area contributed by atoms with E-state index >= 15 is 0 Å². The maximum absolute atomic E-state index is 5.76. The van der Waals surface area contributed by atoms with Gasteiger partial charge in [0.1, 0.15) is 11.5 Å². The van der Waals surface area contributed by atoms with Crippen LogP contribution in [0.2, 0.25) is 0 Å². The number of rotatable bonds is 3. The molecule has 1 aromatic heterocycles. The molecule has 3 aromatic rings. The summed E-state index contributed by atoms with van der Waals surface area (Å²) in [5.41, 5.74) is 0. The molecule has 0 aliphatic rings. The Kier molecular flexibility index (Phi) is 2.98. The average Bonchev–Trinajstić information content (AvgIpc) is 2.48. The summed E-state index contributed by atoms with van der Waals surface area (Å²) in [6, 6.07) is 15.2. The fraction of sp³-hybridized carbons (Fsp3) is 0.0667. The maximum Gasteiger partial charge on any atom is 0.246 e. The number of nitrogens with zero attached hydrogens (tertiary/aromatic N) is 2. The third-order valence-corrected chi connectivity index (χ3v) is 2.81. The minimum atomic E-state index is 0.503. The van der Waals surface area contributed by atoms with Crippen molar-refractivity contribution < 1.29 is 9.47 Å². The molecule has 0 atom stereocenters. The predicted molar refractivity (Wildman–Crippen MR) is 72.6 cm³/mol. The number of ether oxygens (including phenoxy) is 2. The number of benzene rings is 2. The molecule has 0 aliphatic heterocycles. The molecule has 1 heterocycles. The second-order valence-electron chi connectivity index (χ2n) is 4.01. The monoisotopic (exact) mass is 252 g/mol. The molecule has 94 valence electrons. The summed E-state index contributed by atoms with van der Waals surface area (Å²) in [7, 11) is 1.63. The highest BCUT2D eigenvalue weighted by Crippen LogP contribution is 2.27. The van der Waals surface area contributed by atoms with Gasteiger partial charge < -0.3 is 9.47 Å². The molecule has 0 spiro atoms. The quantitative estimate of drug-likeness (QED) is 0.716. The van der Waals surface area contributed by atoms with Gasteiger partial charge in [-0.25, -0.2) is 0 Å². The number of hydrogen-bond acceptors (Lipinski definition) is 4. The van der Waals surface area contributed by atoms with Crippen molar-refractivity contribution in [2.45, 2.75) is 0 Å². The highest BCUT2D eigenvalue weighted by Gasteiger charge is 2.05. The molecule has 2 aromatic carbocycles. The van der Waals surface area contributed by atoms with E-state index in [1.54, 1.807) is 13.3 Å². The van der Waals surface area contributed by atoms with Crippen LogP contribution < -0.4 is 9.47 Å². The summed E-state index contributed by atoms with van der Waals surface area (Å²) < 4.78 is 10.9. The zero-order valence-electron chi connectivity index (χ0n) is 10.4. The van der Waals surface area contributed by atoms with Gasteiger partial charge in [-0.3, -0.25) is 0 Å². The smallest absolute Gasteiger partial charge is 0.246 e.